The molecule has 1 aromatic heterocycles. The number of thiophene rings is 1. The predicted octanol–water partition coefficient (Wildman–Crippen LogP) is 2.68. The summed E-state index contributed by atoms with van der Waals surface area (Å²) in [6.07, 6.45) is 2.34. The standard InChI is InChI=1S/C15H23NO2S/c1-12-5-8-19-14(12)9-16-10-15(11-16)13(3-6-17-2)4-7-18-15/h5,8,13H,3-4,6-7,9-11H2,1-2H3. The largest absolute Gasteiger partial charge is 0.385 e. The van der Waals surface area contributed by atoms with Crippen molar-refractivity contribution in [1.82, 2.24) is 4.90 Å². The Morgan fingerprint density at radius 1 is 1.53 bits per heavy atom. The fraction of sp³-hybridized carbons (Fsp3) is 0.733. The van der Waals surface area contributed by atoms with Gasteiger partial charge in [0, 0.05) is 44.8 Å². The summed E-state index contributed by atoms with van der Waals surface area (Å²) in [6.45, 7) is 7.28. The lowest BCUT2D eigenvalue weighted by atomic mass is 9.79. The van der Waals surface area contributed by atoms with Gasteiger partial charge in [0.15, 0.2) is 0 Å². The lowest BCUT2D eigenvalue weighted by Gasteiger charge is -2.50. The lowest BCUT2D eigenvalue weighted by Crippen LogP contribution is -2.64. The van der Waals surface area contributed by atoms with E-state index in [1.807, 2.05) is 11.3 Å². The van der Waals surface area contributed by atoms with E-state index < -0.39 is 0 Å². The number of rotatable bonds is 5. The molecule has 1 aromatic rings. The molecule has 0 N–H and O–H groups in total. The van der Waals surface area contributed by atoms with Gasteiger partial charge in [0.05, 0.1) is 5.60 Å². The molecule has 2 fully saturated rings. The van der Waals surface area contributed by atoms with E-state index in [0.29, 0.717) is 5.92 Å². The van der Waals surface area contributed by atoms with Crippen LogP contribution in [0.2, 0.25) is 0 Å². The van der Waals surface area contributed by atoms with Crippen molar-refractivity contribution in [3.63, 3.8) is 0 Å². The molecule has 2 aliphatic rings. The lowest BCUT2D eigenvalue weighted by molar-refractivity contribution is -0.138. The Labute approximate surface area is 119 Å². The maximum atomic E-state index is 6.07. The molecule has 3 rings (SSSR count). The van der Waals surface area contributed by atoms with Crippen molar-refractivity contribution in [2.24, 2.45) is 5.92 Å². The molecule has 3 nitrogen and oxygen atoms in total. The van der Waals surface area contributed by atoms with E-state index in [0.717, 1.165) is 39.3 Å². The molecule has 1 atom stereocenters. The first-order valence-corrected chi connectivity index (χ1v) is 8.00. The van der Waals surface area contributed by atoms with Gasteiger partial charge in [-0.25, -0.2) is 0 Å². The van der Waals surface area contributed by atoms with Gasteiger partial charge in [0.25, 0.3) is 0 Å². The normalized spacial score (nSPS) is 25.9. The average Bonchev–Trinajstić information content (AvgIpc) is 2.94. The van der Waals surface area contributed by atoms with E-state index in [9.17, 15) is 0 Å². The summed E-state index contributed by atoms with van der Waals surface area (Å²) in [5.74, 6) is 0.688. The van der Waals surface area contributed by atoms with E-state index in [1.54, 1.807) is 7.11 Å². The van der Waals surface area contributed by atoms with E-state index in [1.165, 1.54) is 16.9 Å². The van der Waals surface area contributed by atoms with Crippen LogP contribution in [-0.4, -0.2) is 43.9 Å². The minimum atomic E-state index is 0.143. The summed E-state index contributed by atoms with van der Waals surface area (Å²) in [4.78, 5) is 4.02. The Bertz CT molecular complexity index is 426. The van der Waals surface area contributed by atoms with Crippen molar-refractivity contribution in [2.45, 2.75) is 31.9 Å². The number of ether oxygens (including phenoxy) is 2. The highest BCUT2D eigenvalue weighted by molar-refractivity contribution is 7.10. The minimum absolute atomic E-state index is 0.143. The smallest absolute Gasteiger partial charge is 0.0964 e. The first-order valence-electron chi connectivity index (χ1n) is 7.12. The molecule has 19 heavy (non-hydrogen) atoms. The number of aryl methyl sites for hydroxylation is 1. The zero-order valence-electron chi connectivity index (χ0n) is 11.9. The number of nitrogens with zero attached hydrogens (tertiary/aromatic N) is 1. The number of hydrogen-bond donors (Lipinski definition) is 0. The summed E-state index contributed by atoms with van der Waals surface area (Å²) in [7, 11) is 1.79. The maximum Gasteiger partial charge on any atom is 0.0964 e. The molecule has 2 aliphatic heterocycles. The first kappa shape index (κ1) is 13.6. The van der Waals surface area contributed by atoms with E-state index in [4.69, 9.17) is 9.47 Å². The highest BCUT2D eigenvalue weighted by Gasteiger charge is 2.52. The van der Waals surface area contributed by atoms with Gasteiger partial charge >= 0.3 is 0 Å². The molecule has 0 aromatic carbocycles. The Morgan fingerprint density at radius 2 is 2.37 bits per heavy atom. The molecule has 2 saturated heterocycles. The quantitative estimate of drug-likeness (QED) is 0.828. The van der Waals surface area contributed by atoms with Crippen LogP contribution in [0, 0.1) is 12.8 Å². The van der Waals surface area contributed by atoms with Crippen LogP contribution >= 0.6 is 11.3 Å². The van der Waals surface area contributed by atoms with Crippen molar-refractivity contribution in [3.05, 3.63) is 21.9 Å². The van der Waals surface area contributed by atoms with Crippen LogP contribution in [-0.2, 0) is 16.0 Å². The third-order valence-electron chi connectivity index (χ3n) is 4.59. The Hall–Kier alpha value is -0.420. The van der Waals surface area contributed by atoms with Crippen LogP contribution in [0.1, 0.15) is 23.3 Å². The highest BCUT2D eigenvalue weighted by Crippen LogP contribution is 2.42. The average molecular weight is 281 g/mol. The van der Waals surface area contributed by atoms with Gasteiger partial charge in [-0.15, -0.1) is 11.3 Å². The van der Waals surface area contributed by atoms with E-state index in [2.05, 4.69) is 23.3 Å². The van der Waals surface area contributed by atoms with Crippen molar-refractivity contribution in [1.29, 1.82) is 0 Å². The fourth-order valence-electron chi connectivity index (χ4n) is 3.39. The van der Waals surface area contributed by atoms with Crippen LogP contribution in [0.5, 0.6) is 0 Å². The molecule has 3 heterocycles. The first-order chi connectivity index (χ1) is 9.23. The van der Waals surface area contributed by atoms with E-state index in [-0.39, 0.29) is 5.60 Å². The summed E-state index contributed by atoms with van der Waals surface area (Å²) in [5.41, 5.74) is 1.57. The summed E-state index contributed by atoms with van der Waals surface area (Å²) in [5, 5.41) is 2.19. The zero-order chi connectivity index (χ0) is 13.3. The molecule has 4 heteroatoms. The van der Waals surface area contributed by atoms with Crippen molar-refractivity contribution >= 4 is 11.3 Å². The Kier molecular flexibility index (Phi) is 3.94. The van der Waals surface area contributed by atoms with Crippen LogP contribution in [0.4, 0.5) is 0 Å². The summed E-state index contributed by atoms with van der Waals surface area (Å²) in [6, 6.07) is 2.21. The Balaban J connectivity index is 1.54. The zero-order valence-corrected chi connectivity index (χ0v) is 12.7. The molecular weight excluding hydrogens is 258 g/mol. The summed E-state index contributed by atoms with van der Waals surface area (Å²) < 4.78 is 11.3. The van der Waals surface area contributed by atoms with Crippen molar-refractivity contribution < 1.29 is 9.47 Å². The second-order valence-electron chi connectivity index (χ2n) is 5.85. The van der Waals surface area contributed by atoms with Crippen LogP contribution < -0.4 is 0 Å². The molecule has 0 aliphatic carbocycles. The molecule has 1 spiro atoms. The van der Waals surface area contributed by atoms with Gasteiger partial charge in [-0.05, 0) is 42.7 Å². The third kappa shape index (κ3) is 2.59. The monoisotopic (exact) mass is 281 g/mol. The predicted molar refractivity (Wildman–Crippen MR) is 77.6 cm³/mol. The van der Waals surface area contributed by atoms with Gasteiger partial charge < -0.3 is 9.47 Å². The van der Waals surface area contributed by atoms with Crippen molar-refractivity contribution in [3.8, 4) is 0 Å². The summed E-state index contributed by atoms with van der Waals surface area (Å²) >= 11 is 1.87. The fourth-order valence-corrected chi connectivity index (χ4v) is 4.34. The second kappa shape index (κ2) is 5.52. The molecule has 0 radical (unpaired) electrons. The van der Waals surface area contributed by atoms with Gasteiger partial charge in [-0.2, -0.15) is 0 Å². The van der Waals surface area contributed by atoms with Crippen LogP contribution in [0.15, 0.2) is 11.4 Å². The van der Waals surface area contributed by atoms with Crippen molar-refractivity contribution in [2.75, 3.05) is 33.4 Å². The maximum absolute atomic E-state index is 6.07. The molecule has 1 unspecified atom stereocenters. The van der Waals surface area contributed by atoms with E-state index >= 15 is 0 Å². The van der Waals surface area contributed by atoms with Crippen LogP contribution in [0.3, 0.4) is 0 Å². The van der Waals surface area contributed by atoms with Crippen LogP contribution in [0.25, 0.3) is 0 Å². The third-order valence-corrected chi connectivity index (χ3v) is 5.60. The SMILES string of the molecule is COCCC1CCOC12CN(Cc1sccc1C)C2. The molecule has 0 saturated carbocycles. The molecule has 106 valence electrons. The van der Waals surface area contributed by atoms with Gasteiger partial charge in [-0.1, -0.05) is 0 Å². The van der Waals surface area contributed by atoms with Gasteiger partial charge in [-0.3, -0.25) is 4.90 Å². The molecular formula is C15H23NO2S. The van der Waals surface area contributed by atoms with Gasteiger partial charge in [0.1, 0.15) is 0 Å². The molecule has 0 bridgehead atoms. The topological polar surface area (TPSA) is 21.7 Å². The highest BCUT2D eigenvalue weighted by atomic mass is 32.1. The second-order valence-corrected chi connectivity index (χ2v) is 6.85. The number of methoxy groups -OCH3 is 1. The Morgan fingerprint density at radius 3 is 3.05 bits per heavy atom. The van der Waals surface area contributed by atoms with Gasteiger partial charge in [0.2, 0.25) is 0 Å². The molecule has 0 amide bonds. The number of hydrogen-bond acceptors (Lipinski definition) is 4. The number of likely N-dealkylation sites (tertiary alicyclic amines) is 1. The minimum Gasteiger partial charge on any atom is -0.385 e.